The van der Waals surface area contributed by atoms with Crippen molar-refractivity contribution in [1.29, 1.82) is 0 Å². The minimum Gasteiger partial charge on any atom is -0.436 e. The van der Waals surface area contributed by atoms with Gasteiger partial charge in [-0.2, -0.15) is 0 Å². The molecule has 3 aromatic rings. The van der Waals surface area contributed by atoms with Crippen molar-refractivity contribution < 1.29 is 14.0 Å². The lowest BCUT2D eigenvalue weighted by atomic mass is 10.1. The maximum absolute atomic E-state index is 12.2. The molecule has 5 nitrogen and oxygen atoms in total. The number of oxazole rings is 1. The molecule has 0 N–H and O–H groups in total. The monoisotopic (exact) mass is 374 g/mol. The first-order valence-electron chi connectivity index (χ1n) is 7.68. The molecule has 2 heterocycles. The van der Waals surface area contributed by atoms with Crippen LogP contribution < -0.4 is 4.90 Å². The maximum atomic E-state index is 12.2. The number of aromatic nitrogens is 1. The summed E-state index contributed by atoms with van der Waals surface area (Å²) in [6.45, 7) is 0.280. The van der Waals surface area contributed by atoms with Gasteiger partial charge < -0.3 is 9.32 Å². The van der Waals surface area contributed by atoms with E-state index in [1.165, 1.54) is 0 Å². The van der Waals surface area contributed by atoms with E-state index < -0.39 is 11.2 Å². The van der Waals surface area contributed by atoms with Gasteiger partial charge in [0, 0.05) is 18.7 Å². The van der Waals surface area contributed by atoms with Gasteiger partial charge in [-0.25, -0.2) is 4.98 Å². The molecule has 0 aliphatic carbocycles. The summed E-state index contributed by atoms with van der Waals surface area (Å²) in [7, 11) is 0. The highest BCUT2D eigenvalue weighted by atomic mass is 35.5. The number of hydrogen-bond donors (Lipinski definition) is 0. The summed E-state index contributed by atoms with van der Waals surface area (Å²) in [5, 5.41) is 0.0619. The molecule has 1 aliphatic rings. The Kier molecular flexibility index (Phi) is 3.98. The second-order valence-corrected chi connectivity index (χ2v) is 6.64. The molecule has 7 heteroatoms. The van der Waals surface area contributed by atoms with Gasteiger partial charge in [0.25, 0.3) is 0 Å². The Morgan fingerprint density at radius 3 is 2.76 bits per heavy atom. The van der Waals surface area contributed by atoms with Crippen LogP contribution in [0.5, 0.6) is 0 Å². The summed E-state index contributed by atoms with van der Waals surface area (Å²) in [5.41, 5.74) is 2.57. The van der Waals surface area contributed by atoms with Crippen molar-refractivity contribution in [3.63, 3.8) is 0 Å². The first kappa shape index (κ1) is 16.1. The molecule has 1 saturated heterocycles. The Hall–Kier alpha value is -2.37. The third kappa shape index (κ3) is 2.90. The number of hydrogen-bond acceptors (Lipinski definition) is 4. The molecule has 1 fully saturated rings. The lowest BCUT2D eigenvalue weighted by Gasteiger charge is -2.15. The predicted octanol–water partition coefficient (Wildman–Crippen LogP) is 4.27. The quantitative estimate of drug-likeness (QED) is 0.642. The topological polar surface area (TPSA) is 63.4 Å². The summed E-state index contributed by atoms with van der Waals surface area (Å²) < 4.78 is 5.76. The number of anilines is 1. The van der Waals surface area contributed by atoms with E-state index in [1.54, 1.807) is 29.2 Å². The summed E-state index contributed by atoms with van der Waals surface area (Å²) in [5.74, 6) is -0.187. The van der Waals surface area contributed by atoms with Crippen LogP contribution in [0.3, 0.4) is 0 Å². The fourth-order valence-electron chi connectivity index (χ4n) is 2.94. The van der Waals surface area contributed by atoms with E-state index in [-0.39, 0.29) is 18.9 Å². The van der Waals surface area contributed by atoms with Gasteiger partial charge in [-0.15, -0.1) is 0 Å². The van der Waals surface area contributed by atoms with Gasteiger partial charge in [-0.1, -0.05) is 23.7 Å². The first-order valence-corrected chi connectivity index (χ1v) is 8.44. The summed E-state index contributed by atoms with van der Waals surface area (Å²) >= 11 is 11.7. The highest BCUT2D eigenvalue weighted by Crippen LogP contribution is 2.33. The predicted molar refractivity (Wildman–Crippen MR) is 95.8 cm³/mol. The molecule has 2 aromatic carbocycles. The Balaban J connectivity index is 1.71. The average Bonchev–Trinajstić information content (AvgIpc) is 3.18. The number of amides is 1. The van der Waals surface area contributed by atoms with Gasteiger partial charge in [-0.05, 0) is 41.9 Å². The molecule has 25 heavy (non-hydrogen) atoms. The van der Waals surface area contributed by atoms with Crippen molar-refractivity contribution in [3.8, 4) is 11.5 Å². The third-order valence-electron chi connectivity index (χ3n) is 4.23. The Morgan fingerprint density at radius 1 is 1.24 bits per heavy atom. The minimum absolute atomic E-state index is 0.129. The summed E-state index contributed by atoms with van der Waals surface area (Å²) in [6, 6.07) is 12.6. The van der Waals surface area contributed by atoms with E-state index >= 15 is 0 Å². The maximum Gasteiger partial charge on any atom is 0.228 e. The molecule has 126 valence electrons. The highest BCUT2D eigenvalue weighted by Gasteiger charge is 2.34. The summed E-state index contributed by atoms with van der Waals surface area (Å²) in [6.07, 6.45) is 0.129. The largest absolute Gasteiger partial charge is 0.436 e. The first-order chi connectivity index (χ1) is 12.0. The molecular formula is C18H12Cl2N2O3. The second-order valence-electron chi connectivity index (χ2n) is 5.86. The number of fused-ring (bicyclic) bond motifs is 1. The lowest BCUT2D eigenvalue weighted by Crippen LogP contribution is -2.25. The molecule has 0 radical (unpaired) electrons. The second kappa shape index (κ2) is 6.17. The van der Waals surface area contributed by atoms with E-state index in [0.717, 1.165) is 0 Å². The van der Waals surface area contributed by atoms with Gasteiger partial charge in [-0.3, -0.25) is 9.59 Å². The van der Waals surface area contributed by atoms with Crippen LogP contribution in [-0.2, 0) is 9.59 Å². The van der Waals surface area contributed by atoms with E-state index in [9.17, 15) is 9.59 Å². The molecule has 4 rings (SSSR count). The zero-order valence-electron chi connectivity index (χ0n) is 12.9. The van der Waals surface area contributed by atoms with Crippen molar-refractivity contribution in [2.45, 2.75) is 6.42 Å². The molecule has 0 spiro atoms. The van der Waals surface area contributed by atoms with E-state index in [2.05, 4.69) is 4.98 Å². The molecule has 1 unspecified atom stereocenters. The van der Waals surface area contributed by atoms with Crippen LogP contribution in [-0.4, -0.2) is 22.7 Å². The lowest BCUT2D eigenvalue weighted by molar-refractivity contribution is -0.120. The molecule has 0 bridgehead atoms. The van der Waals surface area contributed by atoms with Crippen LogP contribution in [0.25, 0.3) is 22.6 Å². The van der Waals surface area contributed by atoms with Crippen molar-refractivity contribution in [1.82, 2.24) is 4.98 Å². The van der Waals surface area contributed by atoms with Crippen LogP contribution in [0.15, 0.2) is 46.9 Å². The SMILES string of the molecule is O=C(Cl)C1CC(=O)N(c2ccc3oc(-c4ccccc4Cl)nc3c2)C1. The number of nitrogens with zero attached hydrogens (tertiary/aromatic N) is 2. The average molecular weight is 375 g/mol. The van der Waals surface area contributed by atoms with Crippen LogP contribution in [0.2, 0.25) is 5.02 Å². The van der Waals surface area contributed by atoms with Gasteiger partial charge in [0.1, 0.15) is 5.52 Å². The fourth-order valence-corrected chi connectivity index (χ4v) is 3.31. The number of benzene rings is 2. The molecule has 1 aliphatic heterocycles. The fraction of sp³-hybridized carbons (Fsp3) is 0.167. The summed E-state index contributed by atoms with van der Waals surface area (Å²) in [4.78, 5) is 29.5. The van der Waals surface area contributed by atoms with E-state index in [0.29, 0.717) is 33.3 Å². The highest BCUT2D eigenvalue weighted by molar-refractivity contribution is 6.64. The van der Waals surface area contributed by atoms with Crippen molar-refractivity contribution in [3.05, 3.63) is 47.5 Å². The minimum atomic E-state index is -0.487. The smallest absolute Gasteiger partial charge is 0.228 e. The molecule has 1 amide bonds. The van der Waals surface area contributed by atoms with Gasteiger partial charge >= 0.3 is 0 Å². The zero-order valence-corrected chi connectivity index (χ0v) is 14.4. The Labute approximate surface area is 153 Å². The Bertz CT molecular complexity index is 999. The normalized spacial score (nSPS) is 17.4. The standard InChI is InChI=1S/C18H12Cl2N2O3/c19-13-4-2-1-3-12(13)18-21-14-8-11(5-6-15(14)25-18)22-9-10(17(20)24)7-16(22)23/h1-6,8,10H,7,9H2. The molecule has 0 saturated carbocycles. The molecule has 1 aromatic heterocycles. The van der Waals surface area contributed by atoms with Crippen LogP contribution >= 0.6 is 23.2 Å². The van der Waals surface area contributed by atoms with Crippen molar-refractivity contribution in [2.75, 3.05) is 11.4 Å². The van der Waals surface area contributed by atoms with E-state index in [1.807, 2.05) is 18.2 Å². The van der Waals surface area contributed by atoms with E-state index in [4.69, 9.17) is 27.6 Å². The number of rotatable bonds is 3. The van der Waals surface area contributed by atoms with Crippen LogP contribution in [0.4, 0.5) is 5.69 Å². The molecular weight excluding hydrogens is 363 g/mol. The number of carbonyl (C=O) groups is 2. The zero-order chi connectivity index (χ0) is 17.6. The number of carbonyl (C=O) groups excluding carboxylic acids is 2. The van der Waals surface area contributed by atoms with Gasteiger partial charge in [0.2, 0.25) is 17.0 Å². The van der Waals surface area contributed by atoms with Gasteiger partial charge in [0.05, 0.1) is 16.5 Å². The van der Waals surface area contributed by atoms with Crippen LogP contribution in [0.1, 0.15) is 6.42 Å². The van der Waals surface area contributed by atoms with Crippen molar-refractivity contribution in [2.24, 2.45) is 5.92 Å². The van der Waals surface area contributed by atoms with Gasteiger partial charge in [0.15, 0.2) is 5.58 Å². The number of halogens is 2. The molecule has 1 atom stereocenters. The van der Waals surface area contributed by atoms with Crippen molar-refractivity contribution >= 4 is 51.1 Å². The third-order valence-corrected chi connectivity index (χ3v) is 4.87. The Morgan fingerprint density at radius 2 is 2.04 bits per heavy atom. The van der Waals surface area contributed by atoms with Crippen LogP contribution in [0, 0.1) is 5.92 Å².